The highest BCUT2D eigenvalue weighted by atomic mass is 32.2. The van der Waals surface area contributed by atoms with Gasteiger partial charge in [-0.2, -0.15) is 8.42 Å². The van der Waals surface area contributed by atoms with Gasteiger partial charge in [0.1, 0.15) is 31.1 Å². The molecular weight excluding hydrogens is 534 g/mol. The quantitative estimate of drug-likeness (QED) is 0.533. The van der Waals surface area contributed by atoms with Crippen molar-refractivity contribution in [2.45, 2.75) is 70.2 Å². The van der Waals surface area contributed by atoms with E-state index in [1.165, 1.54) is 0 Å². The van der Waals surface area contributed by atoms with Crippen LogP contribution in [0, 0.1) is 23.2 Å². The number of rotatable bonds is 6. The van der Waals surface area contributed by atoms with Gasteiger partial charge in [-0.25, -0.2) is 8.42 Å². The van der Waals surface area contributed by atoms with Gasteiger partial charge in [-0.3, -0.25) is 4.79 Å². The number of sulfone groups is 1. The number of aryl methyl sites for hydroxylation is 1. The normalized spacial score (nSPS) is 29.0. The molecule has 204 valence electrons. The molecule has 9 nitrogen and oxygen atoms in total. The molecule has 3 heterocycles. The molecule has 37 heavy (non-hydrogen) atoms. The molecule has 0 saturated heterocycles. The Balaban J connectivity index is 1.54. The van der Waals surface area contributed by atoms with Crippen LogP contribution >= 0.6 is 11.3 Å². The van der Waals surface area contributed by atoms with Crippen molar-refractivity contribution in [3.63, 3.8) is 0 Å². The highest BCUT2D eigenvalue weighted by Gasteiger charge is 2.54. The van der Waals surface area contributed by atoms with Crippen molar-refractivity contribution in [2.75, 3.05) is 23.9 Å². The summed E-state index contributed by atoms with van der Waals surface area (Å²) in [4.78, 5) is 15.8. The highest BCUT2D eigenvalue weighted by Crippen LogP contribution is 2.52. The Morgan fingerprint density at radius 3 is 2.46 bits per heavy atom. The minimum absolute atomic E-state index is 0.00497. The highest BCUT2D eigenvalue weighted by molar-refractivity contribution is 7.91. The molecule has 3 aliphatic carbocycles. The van der Waals surface area contributed by atoms with Crippen LogP contribution in [0.5, 0.6) is 0 Å². The van der Waals surface area contributed by atoms with Crippen molar-refractivity contribution in [3.8, 4) is 0 Å². The van der Waals surface area contributed by atoms with Crippen molar-refractivity contribution in [1.29, 1.82) is 0 Å². The monoisotopic (exact) mass is 569 g/mol. The van der Waals surface area contributed by atoms with E-state index in [1.807, 2.05) is 4.90 Å². The van der Waals surface area contributed by atoms with E-state index in [2.05, 4.69) is 30.5 Å². The number of hydrogen-bond donors (Lipinski definition) is 2. The number of aliphatic hydroxyl groups is 1. The first-order valence-electron chi connectivity index (χ1n) is 12.8. The molecule has 2 unspecified atom stereocenters. The van der Waals surface area contributed by atoms with Gasteiger partial charge < -0.3 is 15.3 Å². The van der Waals surface area contributed by atoms with Gasteiger partial charge in [-0.15, -0.1) is 15.7 Å². The maximum Gasteiger partial charge on any atom is 0.287 e. The molecule has 2 atom stereocenters. The van der Waals surface area contributed by atoms with E-state index >= 15 is 0 Å². The summed E-state index contributed by atoms with van der Waals surface area (Å²) in [6.45, 7) is 6.90. The SMILES string of the molecule is CC(C)(C)CCN1C(=O)C(C2=NS(=O)(=O)c3c(CCS(C)(=O)=O)csc3N2)=C(O)C2C3CCC(CC3)C21. The summed E-state index contributed by atoms with van der Waals surface area (Å²) >= 11 is 1.13. The van der Waals surface area contributed by atoms with E-state index < -0.39 is 19.9 Å². The van der Waals surface area contributed by atoms with Gasteiger partial charge in [0.25, 0.3) is 15.9 Å². The Hall–Kier alpha value is -1.92. The number of nitrogens with one attached hydrogen (secondary N) is 1. The third-order valence-electron chi connectivity index (χ3n) is 8.18. The molecule has 0 radical (unpaired) electrons. The second kappa shape index (κ2) is 9.08. The fraction of sp³-hybridized carbons (Fsp3) is 0.680. The number of thiophene rings is 1. The second-order valence-electron chi connectivity index (χ2n) is 12.1. The van der Waals surface area contributed by atoms with Crippen LogP contribution in [0.15, 0.2) is 26.0 Å². The maximum absolute atomic E-state index is 14.0. The van der Waals surface area contributed by atoms with Crippen LogP contribution in [0.3, 0.4) is 0 Å². The van der Waals surface area contributed by atoms with Crippen LogP contribution in [0.1, 0.15) is 58.4 Å². The number of amides is 1. The Morgan fingerprint density at radius 2 is 1.84 bits per heavy atom. The van der Waals surface area contributed by atoms with E-state index in [0.29, 0.717) is 18.0 Å². The van der Waals surface area contributed by atoms with Gasteiger partial charge in [0.15, 0.2) is 5.84 Å². The summed E-state index contributed by atoms with van der Waals surface area (Å²) in [5.41, 5.74) is 0.332. The first kappa shape index (κ1) is 26.7. The lowest BCUT2D eigenvalue weighted by Crippen LogP contribution is -2.60. The number of nitrogens with zero attached hydrogens (tertiary/aromatic N) is 2. The molecule has 1 aromatic heterocycles. The average molecular weight is 570 g/mol. The maximum atomic E-state index is 14.0. The zero-order chi connectivity index (χ0) is 26.9. The van der Waals surface area contributed by atoms with Gasteiger partial charge >= 0.3 is 0 Å². The molecule has 6 rings (SSSR count). The lowest BCUT2D eigenvalue weighted by molar-refractivity contribution is -0.139. The number of aliphatic hydroxyl groups excluding tert-OH is 1. The summed E-state index contributed by atoms with van der Waals surface area (Å²) in [7, 11) is -7.49. The molecule has 2 bridgehead atoms. The lowest BCUT2D eigenvalue weighted by atomic mass is 9.59. The lowest BCUT2D eigenvalue weighted by Gasteiger charge is -2.55. The molecule has 3 fully saturated rings. The molecule has 0 aromatic carbocycles. The number of anilines is 1. The van der Waals surface area contributed by atoms with Crippen LogP contribution in [0.25, 0.3) is 0 Å². The minimum Gasteiger partial charge on any atom is -0.511 e. The van der Waals surface area contributed by atoms with E-state index in [0.717, 1.165) is 49.7 Å². The predicted octanol–water partition coefficient (Wildman–Crippen LogP) is 3.74. The van der Waals surface area contributed by atoms with Crippen LogP contribution in [-0.4, -0.2) is 63.2 Å². The first-order valence-corrected chi connectivity index (χ1v) is 17.2. The van der Waals surface area contributed by atoms with Crippen LogP contribution < -0.4 is 5.32 Å². The van der Waals surface area contributed by atoms with Gasteiger partial charge in [-0.05, 0) is 66.7 Å². The molecular formula is C25H35N3O6S3. The number of carbonyl (C=O) groups excluding carboxylic acids is 1. The van der Waals surface area contributed by atoms with Crippen LogP contribution in [-0.2, 0) is 31.1 Å². The molecule has 1 aromatic rings. The fourth-order valence-corrected chi connectivity index (χ4v) is 9.62. The molecule has 3 saturated carbocycles. The standard InChI is InChI=1S/C25H35N3O6S3/c1-25(2,3)10-11-28-19-15-7-5-14(6-8-15)17(19)20(29)18(24(28)30)22-26-23-21(37(33,34)27-22)16(13-35-23)9-12-36(4,31)32/h13-15,17,19,29H,5-12H2,1-4H3,(H,26,27). The van der Waals surface area contributed by atoms with Crippen LogP contribution in [0.2, 0.25) is 0 Å². The summed E-state index contributed by atoms with van der Waals surface area (Å²) in [5, 5.41) is 16.4. The fourth-order valence-electron chi connectivity index (χ4n) is 6.36. The predicted molar refractivity (Wildman–Crippen MR) is 144 cm³/mol. The number of sulfonamides is 1. The van der Waals surface area contributed by atoms with Crippen molar-refractivity contribution in [2.24, 2.45) is 27.6 Å². The molecule has 2 N–H and O–H groups in total. The summed E-state index contributed by atoms with van der Waals surface area (Å²) < 4.78 is 53.8. The van der Waals surface area contributed by atoms with E-state index in [1.54, 1.807) is 5.38 Å². The average Bonchev–Trinajstić information content (AvgIpc) is 3.21. The largest absolute Gasteiger partial charge is 0.511 e. The Labute approximate surface area is 223 Å². The van der Waals surface area contributed by atoms with Crippen molar-refractivity contribution < 1.29 is 26.7 Å². The van der Waals surface area contributed by atoms with E-state index in [9.17, 15) is 26.7 Å². The third-order valence-corrected chi connectivity index (χ3v) is 11.6. The smallest absolute Gasteiger partial charge is 0.287 e. The molecule has 2 aliphatic heterocycles. The van der Waals surface area contributed by atoms with Crippen LogP contribution in [0.4, 0.5) is 5.00 Å². The summed E-state index contributed by atoms with van der Waals surface area (Å²) in [6.07, 6.45) is 5.99. The zero-order valence-electron chi connectivity index (χ0n) is 21.7. The van der Waals surface area contributed by atoms with Gasteiger partial charge in [0.2, 0.25) is 0 Å². The van der Waals surface area contributed by atoms with Gasteiger partial charge in [0.05, 0.1) is 5.75 Å². The second-order valence-corrected chi connectivity index (χ2v) is 16.8. The van der Waals surface area contributed by atoms with Crippen molar-refractivity contribution in [1.82, 2.24) is 4.90 Å². The van der Waals surface area contributed by atoms with Crippen molar-refractivity contribution in [3.05, 3.63) is 22.3 Å². The Bertz CT molecular complexity index is 1390. The number of fused-ring (bicyclic) bond motifs is 3. The third kappa shape index (κ3) is 4.96. The Kier molecular flexibility index (Phi) is 6.55. The molecule has 0 spiro atoms. The van der Waals surface area contributed by atoms with Gasteiger partial charge in [-0.1, -0.05) is 20.8 Å². The first-order chi connectivity index (χ1) is 17.2. The number of hydrogen-bond acceptors (Lipinski definition) is 8. The van der Waals surface area contributed by atoms with E-state index in [-0.39, 0.29) is 68.4 Å². The summed E-state index contributed by atoms with van der Waals surface area (Å²) in [5.74, 6) is -0.398. The molecule has 1 amide bonds. The van der Waals surface area contributed by atoms with Crippen molar-refractivity contribution >= 4 is 47.9 Å². The minimum atomic E-state index is -4.21. The van der Waals surface area contributed by atoms with Gasteiger partial charge in [0, 0.05) is 24.8 Å². The zero-order valence-corrected chi connectivity index (χ0v) is 24.1. The molecule has 5 aliphatic rings. The number of amidine groups is 1. The Morgan fingerprint density at radius 1 is 1.19 bits per heavy atom. The van der Waals surface area contributed by atoms with E-state index in [4.69, 9.17) is 0 Å². The summed E-state index contributed by atoms with van der Waals surface area (Å²) in [6, 6.07) is -0.0770. The molecule has 12 heteroatoms. The number of carbonyl (C=O) groups is 1. The topological polar surface area (TPSA) is 133 Å².